The molecule has 29 heavy (non-hydrogen) atoms. The Bertz CT molecular complexity index is 1050. The molecule has 1 aliphatic rings. The van der Waals surface area contributed by atoms with Crippen LogP contribution >= 0.6 is 0 Å². The number of aryl methyl sites for hydroxylation is 2. The zero-order valence-corrected chi connectivity index (χ0v) is 17.0. The number of hydrogen-bond donors (Lipinski definition) is 1. The molecule has 3 rings (SSSR count). The number of carbonyl (C=O) groups excluding carboxylic acids is 3. The van der Waals surface area contributed by atoms with Gasteiger partial charge in [0.25, 0.3) is 5.91 Å². The van der Waals surface area contributed by atoms with Gasteiger partial charge < -0.3 is 14.5 Å². The molecule has 0 spiro atoms. The van der Waals surface area contributed by atoms with Crippen LogP contribution in [0.3, 0.4) is 0 Å². The smallest absolute Gasteiger partial charge is 0.336 e. The third-order valence-corrected chi connectivity index (χ3v) is 5.11. The molecule has 3 amide bonds. The lowest BCUT2D eigenvalue weighted by molar-refractivity contribution is -0.145. The van der Waals surface area contributed by atoms with Crippen molar-refractivity contribution < 1.29 is 23.5 Å². The van der Waals surface area contributed by atoms with E-state index in [1.165, 1.54) is 6.07 Å². The molecule has 154 valence electrons. The van der Waals surface area contributed by atoms with Crippen molar-refractivity contribution in [2.45, 2.75) is 52.7 Å². The van der Waals surface area contributed by atoms with Crippen LogP contribution in [0.15, 0.2) is 27.4 Å². The maximum atomic E-state index is 12.1. The van der Waals surface area contributed by atoms with Crippen LogP contribution in [0.5, 0.6) is 0 Å². The molecular formula is C21H24N2O6. The second kappa shape index (κ2) is 7.69. The SMILES string of the molecule is Cc1ccc2c(COC(=O)CCCN3C(=O)NC(C)(C)C3=O)cc(=O)oc2c1C. The minimum absolute atomic E-state index is 0.0506. The van der Waals surface area contributed by atoms with Crippen molar-refractivity contribution in [3.63, 3.8) is 0 Å². The number of imide groups is 1. The summed E-state index contributed by atoms with van der Waals surface area (Å²) in [6.07, 6.45) is 0.346. The molecule has 0 atom stereocenters. The Morgan fingerprint density at radius 1 is 1.21 bits per heavy atom. The van der Waals surface area contributed by atoms with Crippen molar-refractivity contribution in [1.82, 2.24) is 10.2 Å². The van der Waals surface area contributed by atoms with E-state index in [2.05, 4.69) is 5.32 Å². The summed E-state index contributed by atoms with van der Waals surface area (Å²) in [6, 6.07) is 4.62. The van der Waals surface area contributed by atoms with Crippen molar-refractivity contribution in [3.05, 3.63) is 45.3 Å². The molecule has 8 heteroatoms. The summed E-state index contributed by atoms with van der Waals surface area (Å²) in [5.74, 6) is -0.787. The van der Waals surface area contributed by atoms with Gasteiger partial charge in [0.05, 0.1) is 0 Å². The highest BCUT2D eigenvalue weighted by molar-refractivity contribution is 6.06. The first-order valence-corrected chi connectivity index (χ1v) is 9.43. The van der Waals surface area contributed by atoms with Crippen LogP contribution < -0.4 is 10.9 Å². The fraction of sp³-hybridized carbons (Fsp3) is 0.429. The van der Waals surface area contributed by atoms with Gasteiger partial charge in [-0.3, -0.25) is 14.5 Å². The van der Waals surface area contributed by atoms with Gasteiger partial charge in [-0.25, -0.2) is 9.59 Å². The normalized spacial score (nSPS) is 15.7. The number of nitrogens with one attached hydrogen (secondary N) is 1. The number of amides is 3. The Kier molecular flexibility index (Phi) is 5.46. The Morgan fingerprint density at radius 2 is 1.93 bits per heavy atom. The maximum absolute atomic E-state index is 12.1. The Labute approximate surface area is 167 Å². The second-order valence-electron chi connectivity index (χ2n) is 7.75. The monoisotopic (exact) mass is 400 g/mol. The minimum atomic E-state index is -0.927. The van der Waals surface area contributed by atoms with Gasteiger partial charge in [-0.15, -0.1) is 0 Å². The van der Waals surface area contributed by atoms with E-state index >= 15 is 0 Å². The Morgan fingerprint density at radius 3 is 2.59 bits per heavy atom. The Balaban J connectivity index is 1.59. The molecule has 0 unspecified atom stereocenters. The number of fused-ring (bicyclic) bond motifs is 1. The predicted molar refractivity (Wildman–Crippen MR) is 105 cm³/mol. The molecule has 2 heterocycles. The summed E-state index contributed by atoms with van der Waals surface area (Å²) in [6.45, 7) is 7.14. The number of benzene rings is 1. The van der Waals surface area contributed by atoms with Crippen LogP contribution in [0.1, 0.15) is 43.4 Å². The molecule has 1 saturated heterocycles. The fourth-order valence-corrected chi connectivity index (χ4v) is 3.28. The summed E-state index contributed by atoms with van der Waals surface area (Å²) < 4.78 is 10.6. The van der Waals surface area contributed by atoms with Crippen LogP contribution in [0, 0.1) is 13.8 Å². The van der Waals surface area contributed by atoms with Crippen LogP contribution in [-0.2, 0) is 20.9 Å². The third-order valence-electron chi connectivity index (χ3n) is 5.11. The van der Waals surface area contributed by atoms with Crippen molar-refractivity contribution in [2.24, 2.45) is 0 Å². The lowest BCUT2D eigenvalue weighted by atomic mass is 10.0. The van der Waals surface area contributed by atoms with Crippen LogP contribution in [0.2, 0.25) is 0 Å². The number of rotatable bonds is 6. The predicted octanol–water partition coefficient (Wildman–Crippen LogP) is 2.56. The van der Waals surface area contributed by atoms with Gasteiger partial charge in [-0.2, -0.15) is 0 Å². The Hall–Kier alpha value is -3.16. The molecule has 1 aliphatic heterocycles. The summed E-state index contributed by atoms with van der Waals surface area (Å²) in [5, 5.41) is 3.32. The van der Waals surface area contributed by atoms with Crippen molar-refractivity contribution >= 4 is 28.9 Å². The quantitative estimate of drug-likeness (QED) is 0.454. The standard InChI is InChI=1S/C21H24N2O6/c1-12-7-8-15-14(10-17(25)29-18(15)13(12)2)11-28-16(24)6-5-9-23-19(26)21(3,4)22-20(23)27/h7-8,10H,5-6,9,11H2,1-4H3,(H,22,27). The second-order valence-corrected chi connectivity index (χ2v) is 7.75. The molecule has 0 saturated carbocycles. The molecule has 1 aromatic heterocycles. The largest absolute Gasteiger partial charge is 0.461 e. The van der Waals surface area contributed by atoms with Crippen LogP contribution in [0.4, 0.5) is 4.79 Å². The van der Waals surface area contributed by atoms with E-state index in [4.69, 9.17) is 9.15 Å². The number of esters is 1. The first-order valence-electron chi connectivity index (χ1n) is 9.43. The molecular weight excluding hydrogens is 376 g/mol. The van der Waals surface area contributed by atoms with Crippen LogP contribution in [-0.4, -0.2) is 34.9 Å². The third kappa shape index (κ3) is 4.16. The lowest BCUT2D eigenvalue weighted by Crippen LogP contribution is -2.40. The number of ether oxygens (including phenoxy) is 1. The van der Waals surface area contributed by atoms with Gasteiger partial charge in [-0.05, 0) is 45.2 Å². The van der Waals surface area contributed by atoms with Crippen molar-refractivity contribution in [2.75, 3.05) is 6.54 Å². The number of carbonyl (C=O) groups is 3. The first kappa shape index (κ1) is 20.6. The van der Waals surface area contributed by atoms with Gasteiger partial charge in [-0.1, -0.05) is 12.1 Å². The first-order chi connectivity index (χ1) is 13.6. The minimum Gasteiger partial charge on any atom is -0.461 e. The fourth-order valence-electron chi connectivity index (χ4n) is 3.28. The zero-order chi connectivity index (χ0) is 21.3. The van der Waals surface area contributed by atoms with E-state index < -0.39 is 23.2 Å². The topological polar surface area (TPSA) is 106 Å². The van der Waals surface area contributed by atoms with Gasteiger partial charge in [0.2, 0.25) is 0 Å². The van der Waals surface area contributed by atoms with E-state index in [9.17, 15) is 19.2 Å². The van der Waals surface area contributed by atoms with E-state index in [0.717, 1.165) is 21.4 Å². The summed E-state index contributed by atoms with van der Waals surface area (Å²) >= 11 is 0. The molecule has 0 bridgehead atoms. The van der Waals surface area contributed by atoms with Gasteiger partial charge >= 0.3 is 17.6 Å². The zero-order valence-electron chi connectivity index (χ0n) is 17.0. The molecule has 0 aliphatic carbocycles. The van der Waals surface area contributed by atoms with Gasteiger partial charge in [0.15, 0.2) is 0 Å². The van der Waals surface area contributed by atoms with Crippen LogP contribution in [0.25, 0.3) is 11.0 Å². The number of nitrogens with zero attached hydrogens (tertiary/aromatic N) is 1. The highest BCUT2D eigenvalue weighted by Crippen LogP contribution is 2.24. The van der Waals surface area contributed by atoms with E-state index in [1.54, 1.807) is 13.8 Å². The summed E-state index contributed by atoms with van der Waals surface area (Å²) in [5.41, 5.74) is 1.50. The maximum Gasteiger partial charge on any atom is 0.336 e. The summed E-state index contributed by atoms with van der Waals surface area (Å²) in [7, 11) is 0. The summed E-state index contributed by atoms with van der Waals surface area (Å²) in [4.78, 5) is 49.0. The molecule has 1 fully saturated rings. The molecule has 1 aromatic carbocycles. The molecule has 2 aromatic rings. The average molecular weight is 400 g/mol. The number of hydrogen-bond acceptors (Lipinski definition) is 6. The molecule has 1 N–H and O–H groups in total. The van der Waals surface area contributed by atoms with E-state index in [1.807, 2.05) is 26.0 Å². The van der Waals surface area contributed by atoms with E-state index in [-0.39, 0.29) is 25.5 Å². The van der Waals surface area contributed by atoms with Gasteiger partial charge in [0.1, 0.15) is 17.7 Å². The molecule has 8 nitrogen and oxygen atoms in total. The highest BCUT2D eigenvalue weighted by atomic mass is 16.5. The van der Waals surface area contributed by atoms with Gasteiger partial charge in [0, 0.05) is 30.0 Å². The number of urea groups is 1. The lowest BCUT2D eigenvalue weighted by Gasteiger charge is -2.15. The average Bonchev–Trinajstić information content (AvgIpc) is 2.84. The van der Waals surface area contributed by atoms with E-state index in [0.29, 0.717) is 17.6 Å². The van der Waals surface area contributed by atoms with Crippen molar-refractivity contribution in [3.8, 4) is 0 Å². The highest BCUT2D eigenvalue weighted by Gasteiger charge is 2.43. The van der Waals surface area contributed by atoms with Crippen molar-refractivity contribution in [1.29, 1.82) is 0 Å². The molecule has 0 radical (unpaired) electrons.